The fraction of sp³-hybridized carbons (Fsp3) is 0.516. The lowest BCUT2D eigenvalue weighted by Gasteiger charge is -2.34. The zero-order chi connectivity index (χ0) is 29.3. The highest BCUT2D eigenvalue weighted by Crippen LogP contribution is 2.44. The first-order chi connectivity index (χ1) is 19.7. The highest BCUT2D eigenvalue weighted by atomic mass is 35.5. The number of benzene rings is 2. The van der Waals surface area contributed by atoms with Crippen LogP contribution in [-0.2, 0) is 9.53 Å². The molecule has 0 N–H and O–H groups in total. The van der Waals surface area contributed by atoms with Crippen molar-refractivity contribution in [1.29, 1.82) is 0 Å². The third-order valence-electron chi connectivity index (χ3n) is 8.78. The second kappa shape index (κ2) is 12.5. The maximum absolute atomic E-state index is 15.0. The van der Waals surface area contributed by atoms with E-state index in [1.54, 1.807) is 7.11 Å². The summed E-state index contributed by atoms with van der Waals surface area (Å²) in [6.07, 6.45) is 2.79. The van der Waals surface area contributed by atoms with Crippen LogP contribution in [0.5, 0.6) is 0 Å². The quantitative estimate of drug-likeness (QED) is 0.341. The van der Waals surface area contributed by atoms with E-state index in [0.717, 1.165) is 42.5 Å². The number of rotatable bonds is 8. The number of carbonyl (C=O) groups excluding carboxylic acids is 1. The molecule has 1 saturated carbocycles. The predicted octanol–water partition coefficient (Wildman–Crippen LogP) is 5.66. The van der Waals surface area contributed by atoms with Gasteiger partial charge in [0.15, 0.2) is 0 Å². The van der Waals surface area contributed by atoms with Crippen LogP contribution < -0.4 is 0 Å². The number of piperidine rings is 1. The smallest absolute Gasteiger partial charge is 0.226 e. The molecule has 1 aromatic heterocycles. The molecule has 0 radical (unpaired) electrons. The number of nitrogens with zero attached hydrogens (tertiary/aromatic N) is 5. The Morgan fingerprint density at radius 2 is 1.88 bits per heavy atom. The van der Waals surface area contributed by atoms with Crippen molar-refractivity contribution >= 4 is 17.5 Å². The predicted molar refractivity (Wildman–Crippen MR) is 155 cm³/mol. The van der Waals surface area contributed by atoms with Crippen LogP contribution in [0.4, 0.5) is 8.78 Å². The summed E-state index contributed by atoms with van der Waals surface area (Å²) in [6, 6.07) is 9.64. The van der Waals surface area contributed by atoms with E-state index in [1.165, 1.54) is 12.1 Å². The molecule has 1 aliphatic heterocycles. The second-order valence-corrected chi connectivity index (χ2v) is 11.8. The van der Waals surface area contributed by atoms with E-state index >= 15 is 0 Å². The van der Waals surface area contributed by atoms with E-state index in [-0.39, 0.29) is 29.7 Å². The molecule has 2 aromatic carbocycles. The van der Waals surface area contributed by atoms with Crippen LogP contribution in [0.15, 0.2) is 36.4 Å². The van der Waals surface area contributed by atoms with Gasteiger partial charge in [-0.15, -0.1) is 0 Å². The summed E-state index contributed by atoms with van der Waals surface area (Å²) in [5, 5.41) is 5.36. The van der Waals surface area contributed by atoms with Gasteiger partial charge in [-0.3, -0.25) is 4.79 Å². The molecule has 2 fully saturated rings. The maximum Gasteiger partial charge on any atom is 0.226 e. The zero-order valence-electron chi connectivity index (χ0n) is 24.1. The van der Waals surface area contributed by atoms with Crippen molar-refractivity contribution in [3.63, 3.8) is 0 Å². The van der Waals surface area contributed by atoms with Gasteiger partial charge in [-0.25, -0.2) is 18.4 Å². The summed E-state index contributed by atoms with van der Waals surface area (Å²) in [6.45, 7) is 6.33. The van der Waals surface area contributed by atoms with E-state index < -0.39 is 11.6 Å². The van der Waals surface area contributed by atoms with Gasteiger partial charge < -0.3 is 14.5 Å². The lowest BCUT2D eigenvalue weighted by Crippen LogP contribution is -2.42. The lowest BCUT2D eigenvalue weighted by atomic mass is 9.86. The molecule has 0 spiro atoms. The molecule has 2 heterocycles. The standard InChI is InChI=1S/C31H38ClF2N5O2/c1-19-15-23(6-8-28(19)32)39-30(35-20(2)36-39)21-9-11-38(12-10-21)31(40)27-18-24(37(3)13-14-41-4)17-26(27)25-7-5-22(33)16-29(25)34/h5-8,15-16,21,24,26-27H,9-14,17-18H2,1-4H3/t24?,26-,27+/m0/s1. The fourth-order valence-corrected chi connectivity index (χ4v) is 6.56. The molecule has 10 heteroatoms. The molecule has 1 aliphatic carbocycles. The summed E-state index contributed by atoms with van der Waals surface area (Å²) in [5.41, 5.74) is 2.31. The summed E-state index contributed by atoms with van der Waals surface area (Å²) >= 11 is 6.25. The topological polar surface area (TPSA) is 63.5 Å². The number of aryl methyl sites for hydroxylation is 2. The van der Waals surface area contributed by atoms with E-state index in [1.807, 2.05) is 48.7 Å². The van der Waals surface area contributed by atoms with E-state index in [4.69, 9.17) is 21.3 Å². The number of hydrogen-bond donors (Lipinski definition) is 0. The Bertz CT molecular complexity index is 1390. The Hall–Kier alpha value is -2.88. The number of aromatic nitrogens is 3. The van der Waals surface area contributed by atoms with Crippen molar-refractivity contribution < 1.29 is 18.3 Å². The number of likely N-dealkylation sites (tertiary alicyclic amines) is 1. The van der Waals surface area contributed by atoms with Crippen LogP contribution in [-0.4, -0.2) is 76.9 Å². The normalized spacial score (nSPS) is 21.7. The van der Waals surface area contributed by atoms with Gasteiger partial charge in [0, 0.05) is 55.7 Å². The Morgan fingerprint density at radius 3 is 2.56 bits per heavy atom. The van der Waals surface area contributed by atoms with E-state index in [2.05, 4.69) is 10.00 Å². The molecular weight excluding hydrogens is 548 g/mol. The van der Waals surface area contributed by atoms with Gasteiger partial charge in [0.25, 0.3) is 0 Å². The van der Waals surface area contributed by atoms with Crippen LogP contribution in [0.2, 0.25) is 5.02 Å². The minimum absolute atomic E-state index is 0.0470. The molecule has 220 valence electrons. The Kier molecular flexibility index (Phi) is 9.06. The van der Waals surface area contributed by atoms with Crippen molar-refractivity contribution in [2.45, 2.75) is 57.4 Å². The maximum atomic E-state index is 15.0. The molecule has 7 nitrogen and oxygen atoms in total. The minimum atomic E-state index is -0.611. The van der Waals surface area contributed by atoms with Crippen LogP contribution in [0.3, 0.4) is 0 Å². The van der Waals surface area contributed by atoms with E-state index in [9.17, 15) is 13.6 Å². The van der Waals surface area contributed by atoms with Crippen molar-refractivity contribution in [3.8, 4) is 5.69 Å². The van der Waals surface area contributed by atoms with Gasteiger partial charge in [-0.05, 0) is 87.9 Å². The van der Waals surface area contributed by atoms with Gasteiger partial charge in [0.05, 0.1) is 12.3 Å². The Morgan fingerprint density at radius 1 is 1.12 bits per heavy atom. The molecule has 2 aliphatic rings. The van der Waals surface area contributed by atoms with Crippen molar-refractivity contribution in [2.75, 3.05) is 40.4 Å². The molecular formula is C31H38ClF2N5O2. The first-order valence-electron chi connectivity index (χ1n) is 14.3. The molecule has 0 bridgehead atoms. The van der Waals surface area contributed by atoms with Gasteiger partial charge in [0.1, 0.15) is 23.3 Å². The summed E-state index contributed by atoms with van der Waals surface area (Å²) in [4.78, 5) is 22.9. The second-order valence-electron chi connectivity index (χ2n) is 11.4. The molecule has 41 heavy (non-hydrogen) atoms. The van der Waals surface area contributed by atoms with Crippen LogP contribution in [0.25, 0.3) is 5.69 Å². The number of amides is 1. The third-order valence-corrected chi connectivity index (χ3v) is 9.21. The van der Waals surface area contributed by atoms with Gasteiger partial charge in [0.2, 0.25) is 5.91 Å². The number of hydrogen-bond acceptors (Lipinski definition) is 5. The molecule has 1 unspecified atom stereocenters. The largest absolute Gasteiger partial charge is 0.383 e. The zero-order valence-corrected chi connectivity index (χ0v) is 24.9. The number of likely N-dealkylation sites (N-methyl/N-ethyl adjacent to an activating group) is 1. The third kappa shape index (κ3) is 6.32. The van der Waals surface area contributed by atoms with Crippen LogP contribution >= 0.6 is 11.6 Å². The van der Waals surface area contributed by atoms with E-state index in [0.29, 0.717) is 48.9 Å². The highest BCUT2D eigenvalue weighted by Gasteiger charge is 2.44. The summed E-state index contributed by atoms with van der Waals surface area (Å²) in [7, 11) is 3.68. The lowest BCUT2D eigenvalue weighted by molar-refractivity contribution is -0.137. The van der Waals surface area contributed by atoms with Crippen LogP contribution in [0.1, 0.15) is 60.3 Å². The van der Waals surface area contributed by atoms with Gasteiger partial charge in [-0.1, -0.05) is 17.7 Å². The first-order valence-corrected chi connectivity index (χ1v) is 14.7. The fourth-order valence-electron chi connectivity index (χ4n) is 6.45. The summed E-state index contributed by atoms with van der Waals surface area (Å²) < 4.78 is 35.8. The van der Waals surface area contributed by atoms with Gasteiger partial charge >= 0.3 is 0 Å². The number of halogens is 3. The van der Waals surface area contributed by atoms with Crippen molar-refractivity contribution in [3.05, 3.63) is 75.8 Å². The molecule has 1 amide bonds. The molecule has 1 saturated heterocycles. The first kappa shape index (κ1) is 29.6. The highest BCUT2D eigenvalue weighted by molar-refractivity contribution is 6.31. The number of carbonyl (C=O) groups is 1. The van der Waals surface area contributed by atoms with Gasteiger partial charge in [-0.2, -0.15) is 5.10 Å². The summed E-state index contributed by atoms with van der Waals surface area (Å²) in [5.74, 6) is -0.0881. The Labute approximate surface area is 245 Å². The minimum Gasteiger partial charge on any atom is -0.383 e. The monoisotopic (exact) mass is 585 g/mol. The van der Waals surface area contributed by atoms with Crippen molar-refractivity contribution in [2.24, 2.45) is 5.92 Å². The van der Waals surface area contributed by atoms with Crippen molar-refractivity contribution in [1.82, 2.24) is 24.6 Å². The molecule has 5 rings (SSSR count). The van der Waals surface area contributed by atoms with Crippen LogP contribution in [0, 0.1) is 31.4 Å². The molecule has 3 atom stereocenters. The Balaban J connectivity index is 1.32. The average molecular weight is 586 g/mol. The molecule has 3 aromatic rings. The number of ether oxygens (including phenoxy) is 1. The average Bonchev–Trinajstić information content (AvgIpc) is 3.57. The SMILES string of the molecule is COCCN(C)C1C[C@@H](C(=O)N2CCC(c3nc(C)nn3-c3ccc(Cl)c(C)c3)CC2)[C@H](c2ccc(F)cc2F)C1. The number of methoxy groups -OCH3 is 1.